The van der Waals surface area contributed by atoms with E-state index in [1.54, 1.807) is 36.4 Å². The number of aryl methyl sites for hydroxylation is 1. The van der Waals surface area contributed by atoms with Gasteiger partial charge in [0, 0.05) is 55.6 Å². The minimum absolute atomic E-state index is 0.103. The standard InChI is InChI=1S/C30H33N7O2/c1-19-15-25-16-23(6-8-27(25)35-28(19)31)30(39)37(20(2)29-32-11-4-12-33-29)18-26-7-5-24(17-34-26)22-9-13-36(14-10-22)21(3)38/h4-9,11-12,15-16,20,34H,10,13-14,17-18H2,1-3H3,(H2,31,35)/t20-/m1/s1. The largest absolute Gasteiger partial charge is 0.383 e. The maximum Gasteiger partial charge on any atom is 0.254 e. The van der Waals surface area contributed by atoms with Gasteiger partial charge in [0.1, 0.15) is 11.6 Å². The van der Waals surface area contributed by atoms with Crippen LogP contribution in [0.2, 0.25) is 0 Å². The number of benzene rings is 1. The van der Waals surface area contributed by atoms with Gasteiger partial charge in [-0.2, -0.15) is 0 Å². The number of nitrogens with one attached hydrogen (secondary N) is 1. The van der Waals surface area contributed by atoms with Gasteiger partial charge >= 0.3 is 0 Å². The average molecular weight is 524 g/mol. The summed E-state index contributed by atoms with van der Waals surface area (Å²) in [4.78, 5) is 42.5. The smallest absolute Gasteiger partial charge is 0.254 e. The molecular formula is C30H33N7O2. The van der Waals surface area contributed by atoms with Gasteiger partial charge in [0.25, 0.3) is 5.91 Å². The number of carbonyl (C=O) groups is 2. The molecule has 200 valence electrons. The van der Waals surface area contributed by atoms with Crippen LogP contribution in [-0.4, -0.2) is 62.7 Å². The lowest BCUT2D eigenvalue weighted by molar-refractivity contribution is -0.128. The normalized spacial score (nSPS) is 16.1. The first-order chi connectivity index (χ1) is 18.8. The second-order valence-electron chi connectivity index (χ2n) is 10.00. The van der Waals surface area contributed by atoms with Crippen molar-refractivity contribution >= 4 is 28.5 Å². The fourth-order valence-electron chi connectivity index (χ4n) is 4.93. The summed E-state index contributed by atoms with van der Waals surface area (Å²) >= 11 is 0. The van der Waals surface area contributed by atoms with Gasteiger partial charge in [-0.05, 0) is 73.4 Å². The monoisotopic (exact) mass is 523 g/mol. The highest BCUT2D eigenvalue weighted by molar-refractivity contribution is 5.98. The zero-order valence-corrected chi connectivity index (χ0v) is 22.5. The number of nitrogens with two attached hydrogens (primary N) is 1. The summed E-state index contributed by atoms with van der Waals surface area (Å²) in [5.74, 6) is 1.04. The van der Waals surface area contributed by atoms with Gasteiger partial charge in [-0.15, -0.1) is 0 Å². The van der Waals surface area contributed by atoms with E-state index in [0.717, 1.165) is 35.1 Å². The van der Waals surface area contributed by atoms with Crippen LogP contribution in [0.5, 0.6) is 0 Å². The minimum Gasteiger partial charge on any atom is -0.383 e. The van der Waals surface area contributed by atoms with E-state index in [2.05, 4.69) is 32.4 Å². The van der Waals surface area contributed by atoms with Crippen molar-refractivity contribution in [2.75, 3.05) is 31.9 Å². The molecule has 2 aliphatic rings. The summed E-state index contributed by atoms with van der Waals surface area (Å²) in [6, 6.07) is 8.85. The van der Waals surface area contributed by atoms with Crippen molar-refractivity contribution in [2.45, 2.75) is 33.2 Å². The van der Waals surface area contributed by atoms with Gasteiger partial charge in [0.05, 0.1) is 18.1 Å². The van der Waals surface area contributed by atoms with Gasteiger partial charge in [-0.3, -0.25) is 9.59 Å². The number of aromatic nitrogens is 3. The zero-order chi connectivity index (χ0) is 27.5. The van der Waals surface area contributed by atoms with Crippen LogP contribution in [0.3, 0.4) is 0 Å². The van der Waals surface area contributed by atoms with Crippen LogP contribution in [0.1, 0.15) is 48.1 Å². The van der Waals surface area contributed by atoms with Crippen molar-refractivity contribution in [3.63, 3.8) is 0 Å². The lowest BCUT2D eigenvalue weighted by Gasteiger charge is -2.31. The third-order valence-electron chi connectivity index (χ3n) is 7.38. The molecule has 2 aliphatic heterocycles. The molecular weight excluding hydrogens is 490 g/mol. The molecule has 0 fully saturated rings. The van der Waals surface area contributed by atoms with Crippen molar-refractivity contribution in [1.29, 1.82) is 0 Å². The topological polar surface area (TPSA) is 117 Å². The summed E-state index contributed by atoms with van der Waals surface area (Å²) < 4.78 is 0. The average Bonchev–Trinajstić information content (AvgIpc) is 2.96. The second-order valence-corrected chi connectivity index (χ2v) is 10.00. The van der Waals surface area contributed by atoms with Gasteiger partial charge < -0.3 is 20.9 Å². The van der Waals surface area contributed by atoms with Crippen LogP contribution in [-0.2, 0) is 4.79 Å². The number of rotatable bonds is 6. The van der Waals surface area contributed by atoms with Crippen LogP contribution in [0.25, 0.3) is 10.9 Å². The van der Waals surface area contributed by atoms with E-state index in [1.807, 2.05) is 43.0 Å². The van der Waals surface area contributed by atoms with Crippen LogP contribution in [0.15, 0.2) is 77.8 Å². The third kappa shape index (κ3) is 5.67. The lowest BCUT2D eigenvalue weighted by Crippen LogP contribution is -2.39. The molecule has 0 spiro atoms. The molecule has 39 heavy (non-hydrogen) atoms. The quantitative estimate of drug-likeness (QED) is 0.506. The Morgan fingerprint density at radius 2 is 1.95 bits per heavy atom. The molecule has 0 saturated carbocycles. The zero-order valence-electron chi connectivity index (χ0n) is 22.5. The molecule has 0 aliphatic carbocycles. The Hall–Kier alpha value is -4.53. The first-order valence-corrected chi connectivity index (χ1v) is 13.1. The first-order valence-electron chi connectivity index (χ1n) is 13.1. The first kappa shape index (κ1) is 26.1. The fraction of sp³-hybridized carbons (Fsp3) is 0.300. The number of anilines is 1. The molecule has 2 aromatic heterocycles. The van der Waals surface area contributed by atoms with Gasteiger partial charge in [0.15, 0.2) is 0 Å². The predicted octanol–water partition coefficient (Wildman–Crippen LogP) is 3.71. The number of carbonyl (C=O) groups excluding carboxylic acids is 2. The van der Waals surface area contributed by atoms with Crippen molar-refractivity contribution in [3.05, 3.63) is 94.7 Å². The minimum atomic E-state index is -0.354. The number of dihydropyridines is 1. The van der Waals surface area contributed by atoms with E-state index in [1.165, 1.54) is 11.1 Å². The summed E-state index contributed by atoms with van der Waals surface area (Å²) in [5.41, 5.74) is 11.6. The number of amides is 2. The number of nitrogen functional groups attached to an aromatic ring is 1. The second kappa shape index (κ2) is 11.1. The van der Waals surface area contributed by atoms with E-state index in [-0.39, 0.29) is 17.9 Å². The molecule has 9 heteroatoms. The number of hydrogen-bond donors (Lipinski definition) is 2. The number of pyridine rings is 1. The van der Waals surface area contributed by atoms with Gasteiger partial charge in [-0.1, -0.05) is 12.2 Å². The SMILES string of the molecule is CC(=O)N1CC=C(C2=CC=C(CN(C(=O)c3ccc4nc(N)c(C)cc4c3)[C@H](C)c3ncccn3)NC2)CC1. The maximum absolute atomic E-state index is 13.9. The predicted molar refractivity (Wildman–Crippen MR) is 151 cm³/mol. The molecule has 5 rings (SSSR count). The molecule has 0 saturated heterocycles. The Morgan fingerprint density at radius 3 is 2.62 bits per heavy atom. The molecule has 0 unspecified atom stereocenters. The van der Waals surface area contributed by atoms with Crippen LogP contribution < -0.4 is 11.1 Å². The molecule has 0 radical (unpaired) electrons. The maximum atomic E-state index is 13.9. The number of allylic oxidation sites excluding steroid dienone is 2. The van der Waals surface area contributed by atoms with E-state index in [4.69, 9.17) is 5.73 Å². The molecule has 3 N–H and O–H groups in total. The van der Waals surface area contributed by atoms with Crippen molar-refractivity contribution in [1.82, 2.24) is 30.1 Å². The van der Waals surface area contributed by atoms with E-state index in [9.17, 15) is 9.59 Å². The van der Waals surface area contributed by atoms with E-state index in [0.29, 0.717) is 36.8 Å². The molecule has 9 nitrogen and oxygen atoms in total. The lowest BCUT2D eigenvalue weighted by atomic mass is 9.97. The Morgan fingerprint density at radius 1 is 1.15 bits per heavy atom. The van der Waals surface area contributed by atoms with Crippen LogP contribution in [0.4, 0.5) is 5.82 Å². The molecule has 2 amide bonds. The summed E-state index contributed by atoms with van der Waals surface area (Å²) in [6.07, 6.45) is 10.5. The highest BCUT2D eigenvalue weighted by Crippen LogP contribution is 2.26. The van der Waals surface area contributed by atoms with Crippen molar-refractivity contribution in [2.24, 2.45) is 0 Å². The Kier molecular flexibility index (Phi) is 7.40. The third-order valence-corrected chi connectivity index (χ3v) is 7.38. The highest BCUT2D eigenvalue weighted by atomic mass is 16.2. The Balaban J connectivity index is 1.41. The highest BCUT2D eigenvalue weighted by Gasteiger charge is 2.27. The number of nitrogens with zero attached hydrogens (tertiary/aromatic N) is 5. The molecule has 1 atom stereocenters. The summed E-state index contributed by atoms with van der Waals surface area (Å²) in [6.45, 7) is 7.87. The van der Waals surface area contributed by atoms with Crippen LogP contribution in [0, 0.1) is 6.92 Å². The summed E-state index contributed by atoms with van der Waals surface area (Å²) in [7, 11) is 0. The Labute approximate surface area is 228 Å². The van der Waals surface area contributed by atoms with E-state index >= 15 is 0 Å². The van der Waals surface area contributed by atoms with Gasteiger partial charge in [0.2, 0.25) is 5.91 Å². The molecule has 1 aromatic carbocycles. The number of hydrogen-bond acceptors (Lipinski definition) is 7. The molecule has 4 heterocycles. The fourth-order valence-corrected chi connectivity index (χ4v) is 4.93. The number of fused-ring (bicyclic) bond motifs is 1. The van der Waals surface area contributed by atoms with E-state index < -0.39 is 0 Å². The van der Waals surface area contributed by atoms with Crippen LogP contribution >= 0.6 is 0 Å². The molecule has 0 bridgehead atoms. The van der Waals surface area contributed by atoms with Crippen molar-refractivity contribution < 1.29 is 9.59 Å². The Bertz CT molecular complexity index is 1510. The summed E-state index contributed by atoms with van der Waals surface area (Å²) in [5, 5.41) is 4.36. The van der Waals surface area contributed by atoms with Crippen molar-refractivity contribution in [3.8, 4) is 0 Å². The van der Waals surface area contributed by atoms with Gasteiger partial charge in [-0.25, -0.2) is 15.0 Å². The molecule has 3 aromatic rings.